The summed E-state index contributed by atoms with van der Waals surface area (Å²) in [5.41, 5.74) is 0.640. The average Bonchev–Trinajstić information content (AvgIpc) is 2.86. The zero-order valence-corrected chi connectivity index (χ0v) is 21.1. The van der Waals surface area contributed by atoms with Gasteiger partial charge in [-0.25, -0.2) is 8.42 Å². The highest BCUT2D eigenvalue weighted by atomic mass is 35.5. The predicted octanol–water partition coefficient (Wildman–Crippen LogP) is 5.32. The number of carbonyl (C=O) groups excluding carboxylic acids is 1. The maximum atomic E-state index is 13.0. The van der Waals surface area contributed by atoms with Crippen molar-refractivity contribution in [2.75, 3.05) is 24.4 Å². The lowest BCUT2D eigenvalue weighted by atomic mass is 9.98. The molecule has 10 heteroatoms. The van der Waals surface area contributed by atoms with Crippen LogP contribution >= 0.6 is 23.2 Å². The van der Waals surface area contributed by atoms with Crippen LogP contribution in [0, 0.1) is 5.92 Å². The first-order valence-electron chi connectivity index (χ1n) is 11.2. The summed E-state index contributed by atoms with van der Waals surface area (Å²) >= 11 is 12.1. The summed E-state index contributed by atoms with van der Waals surface area (Å²) in [5, 5.41) is 6.99. The molecule has 1 heterocycles. The first-order valence-corrected chi connectivity index (χ1v) is 13.4. The Hall–Kier alpha value is -2.78. The number of hydrogen-bond acceptors (Lipinski definition) is 5. The number of ether oxygens (including phenoxy) is 1. The minimum Gasteiger partial charge on any atom is -0.454 e. The third-order valence-electron chi connectivity index (χ3n) is 5.68. The molecule has 4 rings (SSSR count). The molecule has 0 spiro atoms. The van der Waals surface area contributed by atoms with Gasteiger partial charge in [0.25, 0.3) is 15.9 Å². The third kappa shape index (κ3) is 6.67. The molecular formula is C25H25Cl2N3O4S. The summed E-state index contributed by atoms with van der Waals surface area (Å²) in [6.45, 7) is 2.53. The van der Waals surface area contributed by atoms with Crippen LogP contribution in [0.1, 0.15) is 23.2 Å². The number of para-hydroxylation sites is 2. The van der Waals surface area contributed by atoms with Crippen LogP contribution < -0.4 is 20.1 Å². The van der Waals surface area contributed by atoms with Crippen molar-refractivity contribution in [2.45, 2.75) is 17.7 Å². The minimum absolute atomic E-state index is 0.0201. The Morgan fingerprint density at radius 1 is 0.971 bits per heavy atom. The predicted molar refractivity (Wildman–Crippen MR) is 138 cm³/mol. The van der Waals surface area contributed by atoms with E-state index in [0.29, 0.717) is 33.8 Å². The number of hydrogen-bond donors (Lipinski definition) is 3. The van der Waals surface area contributed by atoms with E-state index >= 15 is 0 Å². The lowest BCUT2D eigenvalue weighted by Crippen LogP contribution is -2.35. The lowest BCUT2D eigenvalue weighted by Gasteiger charge is -2.22. The monoisotopic (exact) mass is 533 g/mol. The van der Waals surface area contributed by atoms with Crippen LogP contribution in [0.2, 0.25) is 10.0 Å². The molecule has 1 fully saturated rings. The molecule has 7 nitrogen and oxygen atoms in total. The molecule has 0 unspecified atom stereocenters. The van der Waals surface area contributed by atoms with E-state index in [-0.39, 0.29) is 22.2 Å². The largest absolute Gasteiger partial charge is 0.454 e. The van der Waals surface area contributed by atoms with Crippen LogP contribution in [-0.4, -0.2) is 34.0 Å². The summed E-state index contributed by atoms with van der Waals surface area (Å²) in [7, 11) is -3.94. The van der Waals surface area contributed by atoms with E-state index in [1.807, 2.05) is 0 Å². The van der Waals surface area contributed by atoms with E-state index in [2.05, 4.69) is 15.4 Å². The van der Waals surface area contributed by atoms with Gasteiger partial charge in [0, 0.05) is 17.1 Å². The van der Waals surface area contributed by atoms with Crippen LogP contribution in [0.4, 0.5) is 5.69 Å². The van der Waals surface area contributed by atoms with E-state index in [4.69, 9.17) is 27.9 Å². The maximum Gasteiger partial charge on any atom is 0.262 e. The van der Waals surface area contributed by atoms with Gasteiger partial charge in [0.1, 0.15) is 5.75 Å². The Balaban J connectivity index is 1.44. The zero-order chi connectivity index (χ0) is 24.8. The minimum atomic E-state index is -3.94. The highest BCUT2D eigenvalue weighted by Crippen LogP contribution is 2.35. The lowest BCUT2D eigenvalue weighted by molar-refractivity contribution is 0.0944. The first kappa shape index (κ1) is 25.3. The summed E-state index contributed by atoms with van der Waals surface area (Å²) in [6.07, 6.45) is 2.05. The normalized spacial score (nSPS) is 14.3. The Bertz CT molecular complexity index is 1290. The highest BCUT2D eigenvalue weighted by Gasteiger charge is 2.19. The van der Waals surface area contributed by atoms with Crippen molar-refractivity contribution in [3.8, 4) is 11.5 Å². The fourth-order valence-electron chi connectivity index (χ4n) is 3.73. The fourth-order valence-corrected chi connectivity index (χ4v) is 5.25. The number of carbonyl (C=O) groups is 1. The van der Waals surface area contributed by atoms with Crippen molar-refractivity contribution in [3.05, 3.63) is 82.3 Å². The molecule has 35 heavy (non-hydrogen) atoms. The fraction of sp³-hybridized carbons (Fsp3) is 0.240. The van der Waals surface area contributed by atoms with E-state index in [1.165, 1.54) is 30.3 Å². The Morgan fingerprint density at radius 3 is 2.40 bits per heavy atom. The molecule has 0 saturated carbocycles. The molecule has 0 aromatic heterocycles. The highest BCUT2D eigenvalue weighted by molar-refractivity contribution is 7.92. The summed E-state index contributed by atoms with van der Waals surface area (Å²) in [6, 6.07) is 17.2. The molecule has 3 aromatic carbocycles. The van der Waals surface area contributed by atoms with Gasteiger partial charge in [-0.15, -0.1) is 0 Å². The number of anilines is 1. The number of amides is 1. The molecule has 0 bridgehead atoms. The van der Waals surface area contributed by atoms with Gasteiger partial charge in [0.2, 0.25) is 0 Å². The van der Waals surface area contributed by atoms with E-state index < -0.39 is 10.0 Å². The molecule has 0 aliphatic carbocycles. The molecular weight excluding hydrogens is 509 g/mol. The quantitative estimate of drug-likeness (QED) is 0.364. The molecule has 0 radical (unpaired) electrons. The SMILES string of the molecule is O=C(NCC1CCNCC1)c1ccc(S(=O)(=O)Nc2ccccc2Oc2ccc(Cl)cc2Cl)cc1. The summed E-state index contributed by atoms with van der Waals surface area (Å²) in [4.78, 5) is 12.5. The van der Waals surface area contributed by atoms with Crippen molar-refractivity contribution in [1.82, 2.24) is 10.6 Å². The van der Waals surface area contributed by atoms with E-state index in [0.717, 1.165) is 25.9 Å². The number of sulfonamides is 1. The second kappa shape index (κ2) is 11.3. The molecule has 0 atom stereocenters. The molecule has 1 aliphatic rings. The Kier molecular flexibility index (Phi) is 8.18. The van der Waals surface area contributed by atoms with E-state index in [9.17, 15) is 13.2 Å². The van der Waals surface area contributed by atoms with Crippen LogP contribution in [0.15, 0.2) is 71.6 Å². The molecule has 1 amide bonds. The molecule has 1 aliphatic heterocycles. The summed E-state index contributed by atoms with van der Waals surface area (Å²) in [5.74, 6) is 0.838. The summed E-state index contributed by atoms with van der Waals surface area (Å²) < 4.78 is 34.4. The third-order valence-corrected chi connectivity index (χ3v) is 7.59. The van der Waals surface area contributed by atoms with Crippen molar-refractivity contribution >= 4 is 44.8 Å². The van der Waals surface area contributed by atoms with Crippen LogP contribution in [-0.2, 0) is 10.0 Å². The van der Waals surface area contributed by atoms with Crippen LogP contribution in [0.3, 0.4) is 0 Å². The average molecular weight is 534 g/mol. The molecule has 3 aromatic rings. The van der Waals surface area contributed by atoms with Gasteiger partial charge in [-0.2, -0.15) is 0 Å². The Morgan fingerprint density at radius 2 is 1.69 bits per heavy atom. The molecule has 184 valence electrons. The van der Waals surface area contributed by atoms with Gasteiger partial charge >= 0.3 is 0 Å². The standard InChI is InChI=1S/C25H25Cl2N3O4S/c26-19-7-10-23(21(27)15-19)34-24-4-2-1-3-22(24)30-35(32,33)20-8-5-18(6-9-20)25(31)29-16-17-11-13-28-14-12-17/h1-10,15,17,28,30H,11-14,16H2,(H,29,31). The smallest absolute Gasteiger partial charge is 0.262 e. The van der Waals surface area contributed by atoms with Gasteiger partial charge in [-0.1, -0.05) is 35.3 Å². The number of nitrogens with one attached hydrogen (secondary N) is 3. The topological polar surface area (TPSA) is 96.5 Å². The van der Waals surface area contributed by atoms with Crippen LogP contribution in [0.5, 0.6) is 11.5 Å². The van der Waals surface area contributed by atoms with Crippen molar-refractivity contribution in [1.29, 1.82) is 0 Å². The van der Waals surface area contributed by atoms with Crippen molar-refractivity contribution < 1.29 is 17.9 Å². The molecule has 1 saturated heterocycles. The van der Waals surface area contributed by atoms with Gasteiger partial charge in [0.05, 0.1) is 15.6 Å². The van der Waals surface area contributed by atoms with E-state index in [1.54, 1.807) is 36.4 Å². The van der Waals surface area contributed by atoms with Crippen molar-refractivity contribution in [2.24, 2.45) is 5.92 Å². The van der Waals surface area contributed by atoms with Gasteiger partial charge in [-0.05, 0) is 86.4 Å². The molecule has 3 N–H and O–H groups in total. The Labute approximate surface area is 214 Å². The number of piperidine rings is 1. The number of benzene rings is 3. The number of halogens is 2. The number of rotatable bonds is 8. The van der Waals surface area contributed by atoms with Crippen molar-refractivity contribution in [3.63, 3.8) is 0 Å². The first-order chi connectivity index (χ1) is 16.8. The van der Waals surface area contributed by atoms with Gasteiger partial charge in [0.15, 0.2) is 5.75 Å². The zero-order valence-electron chi connectivity index (χ0n) is 18.8. The van der Waals surface area contributed by atoms with Crippen LogP contribution in [0.25, 0.3) is 0 Å². The van der Waals surface area contributed by atoms with Gasteiger partial charge < -0.3 is 15.4 Å². The second-order valence-electron chi connectivity index (χ2n) is 8.21. The van der Waals surface area contributed by atoms with Gasteiger partial charge in [-0.3, -0.25) is 9.52 Å². The maximum absolute atomic E-state index is 13.0. The second-order valence-corrected chi connectivity index (χ2v) is 10.7.